The van der Waals surface area contributed by atoms with Crippen molar-refractivity contribution in [2.24, 2.45) is 0 Å². The molecule has 4 N–H and O–H groups in total. The van der Waals surface area contributed by atoms with E-state index in [-0.39, 0.29) is 24.1 Å². The highest BCUT2D eigenvalue weighted by Crippen LogP contribution is 2.18. The summed E-state index contributed by atoms with van der Waals surface area (Å²) in [4.78, 5) is 24.4. The molecule has 1 aromatic carbocycles. The number of amides is 2. The number of nitrogens with two attached hydrogens (primary N) is 1. The summed E-state index contributed by atoms with van der Waals surface area (Å²) in [5.41, 5.74) is 2.37. The van der Waals surface area contributed by atoms with Crippen LogP contribution in [0, 0.1) is 0 Å². The minimum atomic E-state index is -0.369. The van der Waals surface area contributed by atoms with E-state index in [4.69, 9.17) is 4.74 Å². The van der Waals surface area contributed by atoms with Gasteiger partial charge in [0.05, 0.1) is 23.9 Å². The quantitative estimate of drug-likeness (QED) is 0.560. The fourth-order valence-corrected chi connectivity index (χ4v) is 3.40. The molecule has 26 heavy (non-hydrogen) atoms. The highest BCUT2D eigenvalue weighted by atomic mass is 79.9. The summed E-state index contributed by atoms with van der Waals surface area (Å²) in [7, 11) is 0. The lowest BCUT2D eigenvalue weighted by atomic mass is 9.99. The van der Waals surface area contributed by atoms with E-state index in [0.29, 0.717) is 30.8 Å². The zero-order valence-corrected chi connectivity index (χ0v) is 17.1. The van der Waals surface area contributed by atoms with Gasteiger partial charge in [-0.25, -0.2) is 9.59 Å². The maximum atomic E-state index is 12.4. The summed E-state index contributed by atoms with van der Waals surface area (Å²) in [5.74, 6) is -0.369. The number of carbonyl (C=O) groups excluding carboxylic acids is 2. The zero-order valence-electron chi connectivity index (χ0n) is 15.5. The van der Waals surface area contributed by atoms with E-state index in [1.165, 1.54) is 5.56 Å². The SMILES string of the molecule is CCOC(=O)C1=C(C[NH2+][C@@H](CC)c2ccc(Br)cc2)NC(=O)N[C@H]1CC. The molecule has 0 unspecified atom stereocenters. The Hall–Kier alpha value is -1.86. The van der Waals surface area contributed by atoms with Crippen LogP contribution in [0.4, 0.5) is 4.79 Å². The average molecular weight is 425 g/mol. The van der Waals surface area contributed by atoms with Crippen molar-refractivity contribution in [2.45, 2.75) is 45.7 Å². The Balaban J connectivity index is 2.22. The maximum Gasteiger partial charge on any atom is 0.338 e. The molecular formula is C19H27BrN3O3+. The Morgan fingerprint density at radius 3 is 2.54 bits per heavy atom. The smallest absolute Gasteiger partial charge is 0.338 e. The predicted octanol–water partition coefficient (Wildman–Crippen LogP) is 2.37. The maximum absolute atomic E-state index is 12.4. The largest absolute Gasteiger partial charge is 0.463 e. The summed E-state index contributed by atoms with van der Waals surface area (Å²) in [6, 6.07) is 7.87. The number of hydrogen-bond donors (Lipinski definition) is 3. The first-order valence-corrected chi connectivity index (χ1v) is 9.85. The Morgan fingerprint density at radius 2 is 1.96 bits per heavy atom. The third-order valence-corrected chi connectivity index (χ3v) is 5.02. The fourth-order valence-electron chi connectivity index (χ4n) is 3.13. The molecule has 1 aliphatic heterocycles. The van der Waals surface area contributed by atoms with Crippen molar-refractivity contribution in [3.8, 4) is 0 Å². The van der Waals surface area contributed by atoms with Crippen molar-refractivity contribution in [3.05, 3.63) is 45.6 Å². The number of urea groups is 1. The van der Waals surface area contributed by atoms with E-state index < -0.39 is 0 Å². The number of halogens is 1. The van der Waals surface area contributed by atoms with Crippen LogP contribution >= 0.6 is 15.9 Å². The Kier molecular flexibility index (Phi) is 7.66. The topological polar surface area (TPSA) is 84.0 Å². The van der Waals surface area contributed by atoms with Gasteiger partial charge in [-0.15, -0.1) is 0 Å². The first kappa shape index (κ1) is 20.5. The third-order valence-electron chi connectivity index (χ3n) is 4.49. The molecule has 0 saturated heterocycles. The summed E-state index contributed by atoms with van der Waals surface area (Å²) in [5, 5.41) is 7.75. The van der Waals surface area contributed by atoms with Gasteiger partial charge in [-0.05, 0) is 25.5 Å². The van der Waals surface area contributed by atoms with E-state index in [0.717, 1.165) is 10.9 Å². The van der Waals surface area contributed by atoms with E-state index >= 15 is 0 Å². The van der Waals surface area contributed by atoms with Crippen molar-refractivity contribution in [1.29, 1.82) is 0 Å². The molecule has 1 aromatic rings. The molecule has 0 fully saturated rings. The van der Waals surface area contributed by atoms with Gasteiger partial charge in [0.15, 0.2) is 0 Å². The minimum Gasteiger partial charge on any atom is -0.463 e. The van der Waals surface area contributed by atoms with Crippen LogP contribution in [0.3, 0.4) is 0 Å². The molecule has 0 bridgehead atoms. The Labute approximate surface area is 162 Å². The lowest BCUT2D eigenvalue weighted by Crippen LogP contribution is -2.86. The highest BCUT2D eigenvalue weighted by Gasteiger charge is 2.32. The second-order valence-electron chi connectivity index (χ2n) is 6.18. The molecule has 7 heteroatoms. The van der Waals surface area contributed by atoms with Crippen LogP contribution < -0.4 is 16.0 Å². The normalized spacial score (nSPS) is 18.2. The van der Waals surface area contributed by atoms with Gasteiger partial charge < -0.3 is 20.7 Å². The predicted molar refractivity (Wildman–Crippen MR) is 103 cm³/mol. The van der Waals surface area contributed by atoms with Gasteiger partial charge in [0.25, 0.3) is 0 Å². The van der Waals surface area contributed by atoms with Gasteiger partial charge in [0.2, 0.25) is 0 Å². The van der Waals surface area contributed by atoms with Crippen LogP contribution in [-0.2, 0) is 9.53 Å². The Morgan fingerprint density at radius 1 is 1.27 bits per heavy atom. The Bertz CT molecular complexity index is 673. The molecule has 6 nitrogen and oxygen atoms in total. The summed E-state index contributed by atoms with van der Waals surface area (Å²) in [6.45, 7) is 6.65. The zero-order chi connectivity index (χ0) is 19.1. The molecule has 0 saturated carbocycles. The lowest BCUT2D eigenvalue weighted by Gasteiger charge is -2.28. The second-order valence-corrected chi connectivity index (χ2v) is 7.09. The van der Waals surface area contributed by atoms with E-state index in [1.807, 2.05) is 19.1 Å². The van der Waals surface area contributed by atoms with E-state index in [9.17, 15) is 9.59 Å². The number of quaternary nitrogens is 1. The monoisotopic (exact) mass is 424 g/mol. The first-order chi connectivity index (χ1) is 12.5. The molecule has 0 aliphatic carbocycles. The number of esters is 1. The van der Waals surface area contributed by atoms with E-state index in [2.05, 4.69) is 50.9 Å². The first-order valence-electron chi connectivity index (χ1n) is 9.06. The molecule has 2 atom stereocenters. The van der Waals surface area contributed by atoms with Crippen LogP contribution in [0.1, 0.15) is 45.2 Å². The van der Waals surface area contributed by atoms with Crippen LogP contribution in [0.25, 0.3) is 0 Å². The van der Waals surface area contributed by atoms with Crippen LogP contribution in [0.15, 0.2) is 40.0 Å². The van der Waals surface area contributed by atoms with Crippen molar-refractivity contribution in [3.63, 3.8) is 0 Å². The summed E-state index contributed by atoms with van der Waals surface area (Å²) < 4.78 is 6.24. The van der Waals surface area contributed by atoms with Gasteiger partial charge in [-0.2, -0.15) is 0 Å². The van der Waals surface area contributed by atoms with Gasteiger partial charge in [0, 0.05) is 16.5 Å². The lowest BCUT2D eigenvalue weighted by molar-refractivity contribution is -0.690. The highest BCUT2D eigenvalue weighted by molar-refractivity contribution is 9.10. The molecule has 0 radical (unpaired) electrons. The van der Waals surface area contributed by atoms with Crippen molar-refractivity contribution in [2.75, 3.05) is 13.2 Å². The minimum absolute atomic E-state index is 0.242. The van der Waals surface area contributed by atoms with Gasteiger partial charge in [-0.1, -0.05) is 41.9 Å². The van der Waals surface area contributed by atoms with Gasteiger partial charge in [0.1, 0.15) is 12.6 Å². The van der Waals surface area contributed by atoms with Crippen LogP contribution in [0.5, 0.6) is 0 Å². The molecule has 0 spiro atoms. The van der Waals surface area contributed by atoms with Crippen LogP contribution in [-0.4, -0.2) is 31.2 Å². The number of hydrogen-bond acceptors (Lipinski definition) is 3. The number of carbonyl (C=O) groups is 2. The summed E-state index contributed by atoms with van der Waals surface area (Å²) >= 11 is 3.45. The number of ether oxygens (including phenoxy) is 1. The average Bonchev–Trinajstić information content (AvgIpc) is 2.63. The fraction of sp³-hybridized carbons (Fsp3) is 0.474. The second kappa shape index (κ2) is 9.73. The number of benzene rings is 1. The summed E-state index contributed by atoms with van der Waals surface area (Å²) in [6.07, 6.45) is 1.57. The molecule has 1 aliphatic rings. The van der Waals surface area contributed by atoms with Gasteiger partial charge in [-0.3, -0.25) is 0 Å². The number of rotatable bonds is 8. The molecule has 0 aromatic heterocycles. The van der Waals surface area contributed by atoms with Crippen molar-refractivity contribution < 1.29 is 19.6 Å². The molecule has 1 heterocycles. The van der Waals surface area contributed by atoms with Crippen LogP contribution in [0.2, 0.25) is 0 Å². The standard InChI is InChI=1S/C19H26BrN3O3/c1-4-14(12-7-9-13(20)10-8-12)21-11-16-17(18(24)26-6-3)15(5-2)22-19(25)23-16/h7-10,14-15,21H,4-6,11H2,1-3H3,(H2,22,23,25)/p+1/t14-,15-/m0/s1. The molecule has 142 valence electrons. The van der Waals surface area contributed by atoms with Crippen molar-refractivity contribution in [1.82, 2.24) is 10.6 Å². The molecule has 2 rings (SSSR count). The number of nitrogens with one attached hydrogen (secondary N) is 2. The van der Waals surface area contributed by atoms with E-state index in [1.54, 1.807) is 6.92 Å². The molecule has 2 amide bonds. The van der Waals surface area contributed by atoms with Crippen molar-refractivity contribution >= 4 is 27.9 Å². The molecular weight excluding hydrogens is 398 g/mol. The van der Waals surface area contributed by atoms with Gasteiger partial charge >= 0.3 is 12.0 Å². The third kappa shape index (κ3) is 5.08.